The molecule has 17 heteroatoms. The first-order valence-corrected chi connectivity index (χ1v) is 22.0. The maximum Gasteiger partial charge on any atom is 0.323 e. The minimum Gasteiger partial charge on any atom is -0.495 e. The molecule has 2 amide bonds. The van der Waals surface area contributed by atoms with Gasteiger partial charge in [0.2, 0.25) is 10.0 Å². The van der Waals surface area contributed by atoms with E-state index in [0.717, 1.165) is 11.8 Å². The van der Waals surface area contributed by atoms with E-state index in [1.807, 2.05) is 45.0 Å². The summed E-state index contributed by atoms with van der Waals surface area (Å²) in [6.07, 6.45) is 2.63. The number of sulfone groups is 1. The van der Waals surface area contributed by atoms with Gasteiger partial charge in [0.25, 0.3) is 0 Å². The zero-order valence-corrected chi connectivity index (χ0v) is 34.8. The van der Waals surface area contributed by atoms with E-state index >= 15 is 0 Å². The van der Waals surface area contributed by atoms with E-state index in [-0.39, 0.29) is 38.9 Å². The maximum absolute atomic E-state index is 13.5. The molecule has 0 unspecified atom stereocenters. The summed E-state index contributed by atoms with van der Waals surface area (Å²) < 4.78 is 76.1. The molecule has 0 atom stereocenters. The molecule has 4 aromatic carbocycles. The summed E-state index contributed by atoms with van der Waals surface area (Å²) in [7, 11) is -4.43. The van der Waals surface area contributed by atoms with Gasteiger partial charge in [-0.1, -0.05) is 45.0 Å². The number of carbonyl (C=O) groups is 1. The lowest BCUT2D eigenvalue weighted by molar-refractivity contribution is 0.0408. The lowest BCUT2D eigenvalue weighted by Crippen LogP contribution is -2.39. The van der Waals surface area contributed by atoms with Crippen molar-refractivity contribution < 1.29 is 40.6 Å². The average Bonchev–Trinajstić information content (AvgIpc) is 3.17. The van der Waals surface area contributed by atoms with Crippen LogP contribution in [-0.2, 0) is 30.0 Å². The van der Waals surface area contributed by atoms with Crippen molar-refractivity contribution in [2.75, 3.05) is 79.7 Å². The van der Waals surface area contributed by atoms with Crippen molar-refractivity contribution in [1.29, 1.82) is 0 Å². The van der Waals surface area contributed by atoms with Crippen molar-refractivity contribution >= 4 is 65.2 Å². The van der Waals surface area contributed by atoms with E-state index in [0.29, 0.717) is 72.3 Å². The number of nitrogens with one attached hydrogen (secondary N) is 4. The second-order valence-electron chi connectivity index (χ2n) is 14.7. The molecule has 0 radical (unpaired) electrons. The largest absolute Gasteiger partial charge is 0.495 e. The minimum absolute atomic E-state index is 0.0367. The predicted molar refractivity (Wildman–Crippen MR) is 227 cm³/mol. The Labute approximate surface area is 339 Å². The molecule has 0 saturated carbocycles. The Bertz CT molecular complexity index is 2520. The van der Waals surface area contributed by atoms with Crippen molar-refractivity contribution in [2.45, 2.75) is 31.1 Å². The van der Waals surface area contributed by atoms with E-state index < -0.39 is 25.9 Å². The fourth-order valence-electron chi connectivity index (χ4n) is 6.40. The Hall–Kier alpha value is -5.62. The summed E-state index contributed by atoms with van der Waals surface area (Å²) in [6.45, 7) is 8.92. The van der Waals surface area contributed by atoms with Crippen LogP contribution >= 0.6 is 0 Å². The highest BCUT2D eigenvalue weighted by molar-refractivity contribution is 7.92. The highest BCUT2D eigenvalue weighted by Crippen LogP contribution is 2.40. The summed E-state index contributed by atoms with van der Waals surface area (Å²) in [5.41, 5.74) is 1.95. The van der Waals surface area contributed by atoms with Gasteiger partial charge in [0.05, 0.1) is 56.5 Å². The van der Waals surface area contributed by atoms with Crippen LogP contribution in [0.2, 0.25) is 0 Å². The maximum atomic E-state index is 13.5. The van der Waals surface area contributed by atoms with Gasteiger partial charge in [-0.2, -0.15) is 0 Å². The van der Waals surface area contributed by atoms with Crippen molar-refractivity contribution in [2.24, 2.45) is 0 Å². The molecule has 58 heavy (non-hydrogen) atoms. The van der Waals surface area contributed by atoms with Crippen LogP contribution < -0.4 is 34.9 Å². The molecule has 15 nitrogen and oxygen atoms in total. The van der Waals surface area contributed by atoms with Crippen molar-refractivity contribution in [1.82, 2.24) is 9.88 Å². The predicted octanol–water partition coefficient (Wildman–Crippen LogP) is 7.21. The number of anilines is 5. The van der Waals surface area contributed by atoms with Crippen LogP contribution in [0.15, 0.2) is 90.0 Å². The van der Waals surface area contributed by atoms with E-state index in [4.69, 9.17) is 18.9 Å². The number of carbonyl (C=O) groups excluding carboxylic acids is 1. The molecule has 1 saturated heterocycles. The molecule has 1 aliphatic heterocycles. The van der Waals surface area contributed by atoms with E-state index in [1.165, 1.54) is 20.3 Å². The number of aromatic nitrogens is 1. The number of hydrogen-bond acceptors (Lipinski definition) is 12. The number of urea groups is 1. The zero-order valence-electron chi connectivity index (χ0n) is 33.2. The van der Waals surface area contributed by atoms with Crippen molar-refractivity contribution in [3.63, 3.8) is 0 Å². The normalized spacial score (nSPS) is 13.8. The van der Waals surface area contributed by atoms with Crippen LogP contribution in [0.5, 0.6) is 23.0 Å². The van der Waals surface area contributed by atoms with Gasteiger partial charge in [-0.05, 0) is 53.4 Å². The first kappa shape index (κ1) is 42.0. The van der Waals surface area contributed by atoms with Crippen LogP contribution in [0.3, 0.4) is 0 Å². The number of fused-ring (bicyclic) bond motifs is 1. The van der Waals surface area contributed by atoms with Crippen molar-refractivity contribution in [3.8, 4) is 23.0 Å². The molecule has 308 valence electrons. The highest BCUT2D eigenvalue weighted by Gasteiger charge is 2.24. The number of ether oxygens (including phenoxy) is 4. The topological polar surface area (TPSA) is 187 Å². The summed E-state index contributed by atoms with van der Waals surface area (Å²) >= 11 is 0. The quantitative estimate of drug-likeness (QED) is 0.0883. The Morgan fingerprint density at radius 1 is 0.828 bits per heavy atom. The lowest BCUT2D eigenvalue weighted by Gasteiger charge is -2.26. The van der Waals surface area contributed by atoms with Crippen LogP contribution in [0.1, 0.15) is 26.3 Å². The highest BCUT2D eigenvalue weighted by atomic mass is 32.2. The van der Waals surface area contributed by atoms with Crippen LogP contribution in [0.25, 0.3) is 10.8 Å². The second-order valence-corrected chi connectivity index (χ2v) is 18.5. The first-order chi connectivity index (χ1) is 27.5. The molecule has 0 bridgehead atoms. The first-order valence-electron chi connectivity index (χ1n) is 18.4. The number of morpholine rings is 1. The third-order valence-electron chi connectivity index (χ3n) is 9.35. The second kappa shape index (κ2) is 17.5. The number of nitrogens with zero attached hydrogens (tertiary/aromatic N) is 2. The molecule has 1 aromatic heterocycles. The van der Waals surface area contributed by atoms with E-state index in [1.54, 1.807) is 54.7 Å². The van der Waals surface area contributed by atoms with E-state index in [9.17, 15) is 21.6 Å². The number of benzene rings is 4. The summed E-state index contributed by atoms with van der Waals surface area (Å²) in [5, 5.41) is 10.4. The molecular formula is C41H48N6O9S2. The third-order valence-corrected chi connectivity index (χ3v) is 11.7. The lowest BCUT2D eigenvalue weighted by atomic mass is 9.86. The van der Waals surface area contributed by atoms with Crippen LogP contribution in [0, 0.1) is 0 Å². The van der Waals surface area contributed by atoms with Gasteiger partial charge in [-0.3, -0.25) is 9.62 Å². The summed E-state index contributed by atoms with van der Waals surface area (Å²) in [6, 6.07) is 22.0. The van der Waals surface area contributed by atoms with E-state index in [2.05, 4.69) is 30.6 Å². The Balaban J connectivity index is 1.18. The van der Waals surface area contributed by atoms with Gasteiger partial charge >= 0.3 is 6.03 Å². The Morgan fingerprint density at radius 3 is 2.22 bits per heavy atom. The standard InChI is InChI=1S/C41H48N6O9S2/c1-41(2,3)27-23-33(39(54-5)34(24-27)46-57(6,49)50)45-40(48)44-32-12-13-35(31-10-8-7-9-30(31)32)56-29-15-16-42-38(26-29)43-28-11-14-37(36(25-28)53-4)58(51,52)22-19-47-17-20-55-21-18-47/h7-16,23-26,46H,17-22H2,1-6H3,(H,42,43)(H2,44,45,48). The minimum atomic E-state index is -3.65. The summed E-state index contributed by atoms with van der Waals surface area (Å²) in [5.74, 6) is 1.78. The molecule has 0 aliphatic carbocycles. The molecule has 6 rings (SSSR count). The van der Waals surface area contributed by atoms with Gasteiger partial charge in [0.15, 0.2) is 15.6 Å². The summed E-state index contributed by atoms with van der Waals surface area (Å²) in [4.78, 5) is 20.1. The molecule has 5 aromatic rings. The fraction of sp³-hybridized carbons (Fsp3) is 0.317. The number of sulfonamides is 1. The fourth-order valence-corrected chi connectivity index (χ4v) is 8.39. The number of methoxy groups -OCH3 is 2. The van der Waals surface area contributed by atoms with Crippen LogP contribution in [-0.4, -0.2) is 91.8 Å². The smallest absolute Gasteiger partial charge is 0.323 e. The monoisotopic (exact) mass is 832 g/mol. The number of pyridine rings is 1. The van der Waals surface area contributed by atoms with Gasteiger partial charge in [0, 0.05) is 54.4 Å². The van der Waals surface area contributed by atoms with Crippen LogP contribution in [0.4, 0.5) is 33.4 Å². The van der Waals surface area contributed by atoms with Gasteiger partial charge in [-0.25, -0.2) is 26.6 Å². The average molecular weight is 833 g/mol. The zero-order chi connectivity index (χ0) is 41.7. The molecule has 0 spiro atoms. The van der Waals surface area contributed by atoms with Gasteiger partial charge < -0.3 is 34.9 Å². The number of hydrogen-bond donors (Lipinski definition) is 4. The molecule has 1 fully saturated rings. The third kappa shape index (κ3) is 10.5. The van der Waals surface area contributed by atoms with Crippen molar-refractivity contribution in [3.05, 3.63) is 90.6 Å². The van der Waals surface area contributed by atoms with Gasteiger partial charge in [-0.15, -0.1) is 0 Å². The molecular weight excluding hydrogens is 785 g/mol. The Morgan fingerprint density at radius 2 is 1.53 bits per heavy atom. The van der Waals surface area contributed by atoms with Gasteiger partial charge in [0.1, 0.15) is 28.0 Å². The number of rotatable bonds is 14. The number of amides is 2. The Kier molecular flexibility index (Phi) is 12.7. The SMILES string of the molecule is COc1cc(Nc2cc(Oc3ccc(NC(=O)Nc4cc(C(C)(C)C)cc(NS(C)(=O)=O)c4OC)c4ccccc34)ccn2)ccc1S(=O)(=O)CCN1CCOCC1. The molecule has 1 aliphatic rings. The molecule has 4 N–H and O–H groups in total. The molecule has 2 heterocycles.